The fourth-order valence-corrected chi connectivity index (χ4v) is 3.47. The minimum absolute atomic E-state index is 0.0814. The highest BCUT2D eigenvalue weighted by molar-refractivity contribution is 9.10. The molecule has 0 spiro atoms. The third-order valence-electron chi connectivity index (χ3n) is 2.05. The molecule has 0 saturated carbocycles. The summed E-state index contributed by atoms with van der Waals surface area (Å²) in [5, 5.41) is 2.39. The zero-order chi connectivity index (χ0) is 12.3. The van der Waals surface area contributed by atoms with E-state index in [1.165, 1.54) is 23.1 Å². The molecule has 0 aliphatic rings. The number of hydrogen-bond donors (Lipinski definition) is 0. The first-order valence-electron chi connectivity index (χ1n) is 4.81. The Balaban J connectivity index is 1.97. The Morgan fingerprint density at radius 1 is 1.29 bits per heavy atom. The van der Waals surface area contributed by atoms with Crippen molar-refractivity contribution >= 4 is 56.4 Å². The van der Waals surface area contributed by atoms with Crippen molar-refractivity contribution in [3.63, 3.8) is 0 Å². The summed E-state index contributed by atoms with van der Waals surface area (Å²) < 4.78 is 1.04. The molecule has 88 valence electrons. The van der Waals surface area contributed by atoms with Gasteiger partial charge in [-0.15, -0.1) is 23.1 Å². The second-order valence-corrected chi connectivity index (χ2v) is 6.55. The van der Waals surface area contributed by atoms with Crippen molar-refractivity contribution in [1.29, 1.82) is 0 Å². The van der Waals surface area contributed by atoms with Crippen molar-refractivity contribution in [3.8, 4) is 0 Å². The van der Waals surface area contributed by atoms with Crippen LogP contribution in [-0.4, -0.2) is 11.5 Å². The van der Waals surface area contributed by atoms with Gasteiger partial charge in [-0.1, -0.05) is 27.5 Å². The summed E-state index contributed by atoms with van der Waals surface area (Å²) in [5.74, 6) is 0.500. The number of carbonyl (C=O) groups is 1. The summed E-state index contributed by atoms with van der Waals surface area (Å²) >= 11 is 12.2. The van der Waals surface area contributed by atoms with E-state index in [1.54, 1.807) is 6.07 Å². The summed E-state index contributed by atoms with van der Waals surface area (Å²) in [5.41, 5.74) is 0. The topological polar surface area (TPSA) is 17.1 Å². The zero-order valence-corrected chi connectivity index (χ0v) is 12.6. The molecule has 0 radical (unpaired) electrons. The molecule has 0 unspecified atom stereocenters. The van der Waals surface area contributed by atoms with Crippen molar-refractivity contribution in [2.24, 2.45) is 0 Å². The van der Waals surface area contributed by atoms with Gasteiger partial charge in [0.05, 0.1) is 15.7 Å². The lowest BCUT2D eigenvalue weighted by Gasteiger charge is -2.00. The molecular formula is C12H8BrClOS2. The van der Waals surface area contributed by atoms with Gasteiger partial charge in [0, 0.05) is 9.37 Å². The predicted molar refractivity (Wildman–Crippen MR) is 78.5 cm³/mol. The van der Waals surface area contributed by atoms with E-state index in [1.807, 2.05) is 29.6 Å². The zero-order valence-electron chi connectivity index (χ0n) is 8.65. The van der Waals surface area contributed by atoms with Crippen LogP contribution in [0.15, 0.2) is 45.1 Å². The Morgan fingerprint density at radius 2 is 2.00 bits per heavy atom. The lowest BCUT2D eigenvalue weighted by Crippen LogP contribution is -1.99. The van der Waals surface area contributed by atoms with Crippen LogP contribution in [0.1, 0.15) is 9.67 Å². The van der Waals surface area contributed by atoms with Crippen molar-refractivity contribution in [1.82, 2.24) is 0 Å². The van der Waals surface area contributed by atoms with Crippen LogP contribution < -0.4 is 0 Å². The highest BCUT2D eigenvalue weighted by Crippen LogP contribution is 2.26. The SMILES string of the molecule is O=C(CSc1ccc(Br)cc1)c1sccc1Cl. The van der Waals surface area contributed by atoms with Gasteiger partial charge in [0.15, 0.2) is 5.78 Å². The van der Waals surface area contributed by atoms with Gasteiger partial charge in [-0.25, -0.2) is 0 Å². The molecule has 0 atom stereocenters. The minimum Gasteiger partial charge on any atom is -0.292 e. The molecule has 2 aromatic rings. The van der Waals surface area contributed by atoms with Crippen molar-refractivity contribution < 1.29 is 4.79 Å². The predicted octanol–water partition coefficient (Wildman–Crippen LogP) is 5.14. The first-order chi connectivity index (χ1) is 8.16. The van der Waals surface area contributed by atoms with Gasteiger partial charge < -0.3 is 0 Å². The summed E-state index contributed by atoms with van der Waals surface area (Å²) in [6, 6.07) is 9.65. The molecule has 17 heavy (non-hydrogen) atoms. The van der Waals surface area contributed by atoms with Gasteiger partial charge >= 0.3 is 0 Å². The molecule has 1 heterocycles. The van der Waals surface area contributed by atoms with Crippen molar-refractivity contribution in [3.05, 3.63) is 50.1 Å². The molecule has 1 aromatic carbocycles. The van der Waals surface area contributed by atoms with Crippen LogP contribution in [-0.2, 0) is 0 Å². The monoisotopic (exact) mass is 346 g/mol. The second kappa shape index (κ2) is 6.05. The Morgan fingerprint density at radius 3 is 2.59 bits per heavy atom. The highest BCUT2D eigenvalue weighted by atomic mass is 79.9. The minimum atomic E-state index is 0.0814. The average Bonchev–Trinajstić information content (AvgIpc) is 2.74. The van der Waals surface area contributed by atoms with E-state index < -0.39 is 0 Å². The van der Waals surface area contributed by atoms with E-state index >= 15 is 0 Å². The number of thiophene rings is 1. The third-order valence-corrected chi connectivity index (χ3v) is 4.98. The Kier molecular flexibility index (Phi) is 4.68. The Hall–Kier alpha value is -0.290. The molecule has 0 aliphatic heterocycles. The summed E-state index contributed by atoms with van der Waals surface area (Å²) in [4.78, 5) is 13.6. The molecular weight excluding hydrogens is 340 g/mol. The maximum atomic E-state index is 11.9. The Bertz CT molecular complexity index is 522. The third kappa shape index (κ3) is 3.58. The van der Waals surface area contributed by atoms with Gasteiger partial charge in [0.25, 0.3) is 0 Å². The van der Waals surface area contributed by atoms with Gasteiger partial charge in [0.2, 0.25) is 0 Å². The van der Waals surface area contributed by atoms with Crippen LogP contribution in [0, 0.1) is 0 Å². The van der Waals surface area contributed by atoms with Gasteiger partial charge in [-0.2, -0.15) is 0 Å². The van der Waals surface area contributed by atoms with Crippen LogP contribution in [0.2, 0.25) is 5.02 Å². The molecule has 0 amide bonds. The fraction of sp³-hybridized carbons (Fsp3) is 0.0833. The van der Waals surface area contributed by atoms with Crippen LogP contribution in [0.4, 0.5) is 0 Å². The maximum absolute atomic E-state index is 11.9. The van der Waals surface area contributed by atoms with Crippen LogP contribution in [0.25, 0.3) is 0 Å². The van der Waals surface area contributed by atoms with E-state index in [0.717, 1.165) is 9.37 Å². The van der Waals surface area contributed by atoms with E-state index in [0.29, 0.717) is 15.7 Å². The largest absolute Gasteiger partial charge is 0.292 e. The van der Waals surface area contributed by atoms with Crippen molar-refractivity contribution in [2.45, 2.75) is 4.90 Å². The number of halogens is 2. The Labute approximate surface area is 121 Å². The van der Waals surface area contributed by atoms with Crippen LogP contribution >= 0.6 is 50.6 Å². The van der Waals surface area contributed by atoms with Gasteiger partial charge in [-0.05, 0) is 35.7 Å². The molecule has 0 saturated heterocycles. The fourth-order valence-electron chi connectivity index (χ4n) is 1.24. The van der Waals surface area contributed by atoms with E-state index in [4.69, 9.17) is 11.6 Å². The number of rotatable bonds is 4. The number of hydrogen-bond acceptors (Lipinski definition) is 3. The van der Waals surface area contributed by atoms with Gasteiger partial charge in [0.1, 0.15) is 0 Å². The lowest BCUT2D eigenvalue weighted by molar-refractivity contribution is 0.102. The normalized spacial score (nSPS) is 10.5. The second-order valence-electron chi connectivity index (χ2n) is 3.26. The molecule has 0 bridgehead atoms. The number of thioether (sulfide) groups is 1. The average molecular weight is 348 g/mol. The quantitative estimate of drug-likeness (QED) is 0.563. The summed E-state index contributed by atoms with van der Waals surface area (Å²) in [6.07, 6.45) is 0. The lowest BCUT2D eigenvalue weighted by atomic mass is 10.3. The highest BCUT2D eigenvalue weighted by Gasteiger charge is 2.11. The molecule has 1 aromatic heterocycles. The number of ketones is 1. The first-order valence-corrected chi connectivity index (χ1v) is 7.85. The molecule has 0 N–H and O–H groups in total. The van der Waals surface area contributed by atoms with E-state index in [-0.39, 0.29) is 5.78 Å². The number of carbonyl (C=O) groups excluding carboxylic acids is 1. The summed E-state index contributed by atoms with van der Waals surface area (Å²) in [6.45, 7) is 0. The number of benzene rings is 1. The van der Waals surface area contributed by atoms with Crippen LogP contribution in [0.3, 0.4) is 0 Å². The summed E-state index contributed by atoms with van der Waals surface area (Å²) in [7, 11) is 0. The molecule has 5 heteroatoms. The standard InChI is InChI=1S/C12H8BrClOS2/c13-8-1-3-9(4-2-8)17-7-11(15)12-10(14)5-6-16-12/h1-6H,7H2. The van der Waals surface area contributed by atoms with E-state index in [2.05, 4.69) is 15.9 Å². The maximum Gasteiger partial charge on any atom is 0.184 e. The van der Waals surface area contributed by atoms with Crippen molar-refractivity contribution in [2.75, 3.05) is 5.75 Å². The molecule has 0 aliphatic carbocycles. The molecule has 1 nitrogen and oxygen atoms in total. The van der Waals surface area contributed by atoms with Crippen LogP contribution in [0.5, 0.6) is 0 Å². The number of Topliss-reactive ketones (excluding diaryl/α,β-unsaturated/α-hetero) is 1. The van der Waals surface area contributed by atoms with E-state index in [9.17, 15) is 4.79 Å². The van der Waals surface area contributed by atoms with Gasteiger partial charge in [-0.3, -0.25) is 4.79 Å². The molecule has 2 rings (SSSR count). The molecule has 0 fully saturated rings. The first kappa shape index (κ1) is 13.1. The smallest absolute Gasteiger partial charge is 0.184 e.